The highest BCUT2D eigenvalue weighted by molar-refractivity contribution is 5.16. The molecule has 14 heavy (non-hydrogen) atoms. The molecule has 0 radical (unpaired) electrons. The van der Waals surface area contributed by atoms with E-state index in [9.17, 15) is 18.3 Å². The van der Waals surface area contributed by atoms with Crippen molar-refractivity contribution in [1.29, 1.82) is 0 Å². The van der Waals surface area contributed by atoms with Crippen LogP contribution < -0.4 is 5.73 Å². The fourth-order valence-electron chi connectivity index (χ4n) is 1.01. The summed E-state index contributed by atoms with van der Waals surface area (Å²) in [5, 5.41) is 9.30. The molecule has 0 saturated heterocycles. The van der Waals surface area contributed by atoms with Crippen molar-refractivity contribution in [3.63, 3.8) is 0 Å². The van der Waals surface area contributed by atoms with Crippen LogP contribution in [0.2, 0.25) is 0 Å². The molecule has 80 valence electrons. The predicted octanol–water partition coefficient (Wildman–Crippen LogP) is 1.30. The van der Waals surface area contributed by atoms with Gasteiger partial charge >= 0.3 is 6.18 Å². The number of aliphatic hydroxyl groups is 1. The molecule has 1 aromatic heterocycles. The van der Waals surface area contributed by atoms with Gasteiger partial charge in [-0.1, -0.05) is 0 Å². The molecule has 1 heterocycles. The molecule has 0 amide bonds. The van der Waals surface area contributed by atoms with Crippen LogP contribution in [0.5, 0.6) is 0 Å². The van der Waals surface area contributed by atoms with E-state index in [1.165, 1.54) is 13.0 Å². The quantitative estimate of drug-likeness (QED) is 0.771. The normalized spacial score (nSPS) is 16.7. The standard InChI is InChI=1S/C8H10F3NO2/c1-5-2-3-6(14-5)7(13,4-12)8(9,10)11/h2-3,13H,4,12H2,1H3. The number of nitrogens with two attached hydrogens (primary N) is 1. The molecule has 0 bridgehead atoms. The SMILES string of the molecule is Cc1ccc(C(O)(CN)C(F)(F)F)o1. The molecular weight excluding hydrogens is 199 g/mol. The van der Waals surface area contributed by atoms with Gasteiger partial charge in [0, 0.05) is 6.54 Å². The number of rotatable bonds is 2. The van der Waals surface area contributed by atoms with Crippen molar-refractivity contribution in [1.82, 2.24) is 0 Å². The Balaban J connectivity index is 3.14. The molecule has 1 atom stereocenters. The zero-order valence-corrected chi connectivity index (χ0v) is 7.43. The number of hydrogen-bond donors (Lipinski definition) is 2. The number of aryl methyl sites for hydroxylation is 1. The first kappa shape index (κ1) is 11.1. The Morgan fingerprint density at radius 3 is 2.29 bits per heavy atom. The lowest BCUT2D eigenvalue weighted by Crippen LogP contribution is -2.48. The van der Waals surface area contributed by atoms with E-state index in [1.807, 2.05) is 0 Å². The first-order valence-corrected chi connectivity index (χ1v) is 3.87. The van der Waals surface area contributed by atoms with Crippen LogP contribution in [0, 0.1) is 6.92 Å². The maximum Gasteiger partial charge on any atom is 0.425 e. The summed E-state index contributed by atoms with van der Waals surface area (Å²) >= 11 is 0. The molecule has 0 spiro atoms. The minimum Gasteiger partial charge on any atom is -0.463 e. The van der Waals surface area contributed by atoms with Gasteiger partial charge in [0.2, 0.25) is 5.60 Å². The summed E-state index contributed by atoms with van der Waals surface area (Å²) in [6, 6.07) is 2.40. The Kier molecular flexibility index (Phi) is 2.60. The zero-order chi connectivity index (χ0) is 11.0. The van der Waals surface area contributed by atoms with Crippen LogP contribution in [0.1, 0.15) is 11.5 Å². The second-order valence-electron chi connectivity index (χ2n) is 2.97. The Morgan fingerprint density at radius 1 is 1.43 bits per heavy atom. The Bertz CT molecular complexity index is 321. The number of furan rings is 1. The van der Waals surface area contributed by atoms with Crippen molar-refractivity contribution in [2.45, 2.75) is 18.7 Å². The molecule has 0 aliphatic carbocycles. The summed E-state index contributed by atoms with van der Waals surface area (Å²) < 4.78 is 41.9. The largest absolute Gasteiger partial charge is 0.463 e. The molecule has 0 saturated carbocycles. The second kappa shape index (κ2) is 3.29. The van der Waals surface area contributed by atoms with Crippen molar-refractivity contribution < 1.29 is 22.7 Å². The van der Waals surface area contributed by atoms with Crippen LogP contribution in [0.3, 0.4) is 0 Å². The third-order valence-electron chi connectivity index (χ3n) is 1.91. The number of hydrogen-bond acceptors (Lipinski definition) is 3. The smallest absolute Gasteiger partial charge is 0.425 e. The average Bonchev–Trinajstić information content (AvgIpc) is 2.48. The molecular formula is C8H10F3NO2. The summed E-state index contributed by atoms with van der Waals surface area (Å²) in [4.78, 5) is 0. The maximum absolute atomic E-state index is 12.4. The van der Waals surface area contributed by atoms with Gasteiger partial charge in [0.05, 0.1) is 0 Å². The van der Waals surface area contributed by atoms with Crippen molar-refractivity contribution in [3.05, 3.63) is 23.7 Å². The highest BCUT2D eigenvalue weighted by Gasteiger charge is 2.56. The van der Waals surface area contributed by atoms with E-state index >= 15 is 0 Å². The summed E-state index contributed by atoms with van der Waals surface area (Å²) in [5.74, 6) is -0.291. The van der Waals surface area contributed by atoms with Gasteiger partial charge in [-0.25, -0.2) is 0 Å². The van der Waals surface area contributed by atoms with E-state index in [2.05, 4.69) is 0 Å². The van der Waals surface area contributed by atoms with Crippen molar-refractivity contribution in [3.8, 4) is 0 Å². The first-order valence-electron chi connectivity index (χ1n) is 3.87. The lowest BCUT2D eigenvalue weighted by atomic mass is 10.0. The zero-order valence-electron chi connectivity index (χ0n) is 7.43. The fourth-order valence-corrected chi connectivity index (χ4v) is 1.01. The van der Waals surface area contributed by atoms with E-state index in [0.717, 1.165) is 6.07 Å². The summed E-state index contributed by atoms with van der Waals surface area (Å²) in [6.45, 7) is 0.514. The van der Waals surface area contributed by atoms with Crippen LogP contribution in [-0.2, 0) is 5.60 Å². The molecule has 1 aromatic rings. The highest BCUT2D eigenvalue weighted by atomic mass is 19.4. The second-order valence-corrected chi connectivity index (χ2v) is 2.97. The summed E-state index contributed by atoms with van der Waals surface area (Å²) in [7, 11) is 0. The van der Waals surface area contributed by atoms with Gasteiger partial charge in [0.25, 0.3) is 0 Å². The fraction of sp³-hybridized carbons (Fsp3) is 0.500. The Morgan fingerprint density at radius 2 is 2.00 bits per heavy atom. The van der Waals surface area contributed by atoms with E-state index in [4.69, 9.17) is 10.2 Å². The van der Waals surface area contributed by atoms with Gasteiger partial charge in [-0.05, 0) is 19.1 Å². The molecule has 3 nitrogen and oxygen atoms in total. The van der Waals surface area contributed by atoms with Crippen LogP contribution in [0.15, 0.2) is 16.5 Å². The van der Waals surface area contributed by atoms with Crippen LogP contribution in [-0.4, -0.2) is 17.8 Å². The number of halogens is 3. The number of alkyl halides is 3. The molecule has 0 fully saturated rings. The van der Waals surface area contributed by atoms with Gasteiger partial charge in [-0.3, -0.25) is 0 Å². The van der Waals surface area contributed by atoms with Gasteiger partial charge in [-0.2, -0.15) is 13.2 Å². The van der Waals surface area contributed by atoms with Gasteiger partial charge in [0.1, 0.15) is 11.5 Å². The van der Waals surface area contributed by atoms with Crippen molar-refractivity contribution >= 4 is 0 Å². The van der Waals surface area contributed by atoms with E-state index in [1.54, 1.807) is 0 Å². The van der Waals surface area contributed by atoms with Gasteiger partial charge in [-0.15, -0.1) is 0 Å². The summed E-state index contributed by atoms with van der Waals surface area (Å²) in [5.41, 5.74) is 1.81. The molecule has 1 unspecified atom stereocenters. The Labute approximate surface area is 78.3 Å². The van der Waals surface area contributed by atoms with Crippen molar-refractivity contribution in [2.24, 2.45) is 5.73 Å². The molecule has 3 N–H and O–H groups in total. The third-order valence-corrected chi connectivity index (χ3v) is 1.91. The third kappa shape index (κ3) is 1.62. The Hall–Kier alpha value is -1.01. The monoisotopic (exact) mass is 209 g/mol. The van der Waals surface area contributed by atoms with E-state index < -0.39 is 24.1 Å². The molecule has 6 heteroatoms. The first-order chi connectivity index (χ1) is 6.31. The lowest BCUT2D eigenvalue weighted by Gasteiger charge is -2.26. The van der Waals surface area contributed by atoms with Crippen LogP contribution in [0.4, 0.5) is 13.2 Å². The summed E-state index contributed by atoms with van der Waals surface area (Å²) in [6.07, 6.45) is -4.84. The molecule has 0 aliphatic heterocycles. The highest BCUT2D eigenvalue weighted by Crippen LogP contribution is 2.38. The predicted molar refractivity (Wildman–Crippen MR) is 42.5 cm³/mol. The molecule has 0 aliphatic rings. The van der Waals surface area contributed by atoms with Crippen molar-refractivity contribution in [2.75, 3.05) is 6.54 Å². The minimum absolute atomic E-state index is 0.288. The van der Waals surface area contributed by atoms with Gasteiger partial charge < -0.3 is 15.3 Å². The maximum atomic E-state index is 12.4. The van der Waals surface area contributed by atoms with Crippen LogP contribution >= 0.6 is 0 Å². The minimum atomic E-state index is -4.84. The molecule has 1 rings (SSSR count). The topological polar surface area (TPSA) is 59.4 Å². The van der Waals surface area contributed by atoms with E-state index in [-0.39, 0.29) is 5.76 Å². The average molecular weight is 209 g/mol. The van der Waals surface area contributed by atoms with Crippen LogP contribution in [0.25, 0.3) is 0 Å². The molecule has 0 aromatic carbocycles. The lowest BCUT2D eigenvalue weighted by molar-refractivity contribution is -0.268. The van der Waals surface area contributed by atoms with Gasteiger partial charge in [0.15, 0.2) is 0 Å². The van der Waals surface area contributed by atoms with E-state index in [0.29, 0.717) is 0 Å².